The van der Waals surface area contributed by atoms with E-state index in [4.69, 9.17) is 0 Å². The van der Waals surface area contributed by atoms with Crippen LogP contribution in [0.2, 0.25) is 0 Å². The maximum absolute atomic E-state index is 12.2. The molecule has 2 rings (SSSR count). The molecule has 1 saturated heterocycles. The second kappa shape index (κ2) is 8.06. The molecule has 4 nitrogen and oxygen atoms in total. The van der Waals surface area contributed by atoms with Gasteiger partial charge in [-0.3, -0.25) is 4.79 Å². The Labute approximate surface area is 134 Å². The molecule has 1 aromatic rings. The molecule has 1 aliphatic heterocycles. The highest BCUT2D eigenvalue weighted by Crippen LogP contribution is 2.18. The number of likely N-dealkylation sites (tertiary alicyclic amines) is 1. The number of anilines is 2. The van der Waals surface area contributed by atoms with Gasteiger partial charge in [0.1, 0.15) is 0 Å². The van der Waals surface area contributed by atoms with E-state index in [0.29, 0.717) is 6.54 Å². The Morgan fingerprint density at radius 3 is 2.32 bits per heavy atom. The fraction of sp³-hybridized carbons (Fsp3) is 0.611. The minimum atomic E-state index is 0.208. The van der Waals surface area contributed by atoms with Gasteiger partial charge in [-0.05, 0) is 56.9 Å². The maximum Gasteiger partial charge on any atom is 0.241 e. The van der Waals surface area contributed by atoms with Gasteiger partial charge in [0.15, 0.2) is 0 Å². The molecule has 122 valence electrons. The first kappa shape index (κ1) is 16.7. The van der Waals surface area contributed by atoms with Crippen molar-refractivity contribution in [2.45, 2.75) is 33.6 Å². The second-order valence-corrected chi connectivity index (χ2v) is 6.14. The smallest absolute Gasteiger partial charge is 0.241 e. The van der Waals surface area contributed by atoms with Crippen molar-refractivity contribution in [1.29, 1.82) is 0 Å². The lowest BCUT2D eigenvalue weighted by molar-refractivity contribution is -0.130. The summed E-state index contributed by atoms with van der Waals surface area (Å²) in [6.45, 7) is 10.8. The summed E-state index contributed by atoms with van der Waals surface area (Å²) in [5.74, 6) is 0.962. The molecule has 0 atom stereocenters. The van der Waals surface area contributed by atoms with Crippen molar-refractivity contribution in [3.8, 4) is 0 Å². The van der Waals surface area contributed by atoms with Crippen LogP contribution < -0.4 is 10.2 Å². The third kappa shape index (κ3) is 4.39. The SMILES string of the molecule is CCN(CC)c1ccc(NCC(=O)N2CCC(C)CC2)cc1. The van der Waals surface area contributed by atoms with Crippen LogP contribution in [0.1, 0.15) is 33.6 Å². The highest BCUT2D eigenvalue weighted by molar-refractivity contribution is 5.81. The van der Waals surface area contributed by atoms with Gasteiger partial charge < -0.3 is 15.1 Å². The molecule has 0 saturated carbocycles. The van der Waals surface area contributed by atoms with E-state index >= 15 is 0 Å². The van der Waals surface area contributed by atoms with E-state index in [0.717, 1.165) is 50.6 Å². The van der Waals surface area contributed by atoms with E-state index in [2.05, 4.69) is 55.3 Å². The number of benzene rings is 1. The van der Waals surface area contributed by atoms with E-state index < -0.39 is 0 Å². The molecule has 0 unspecified atom stereocenters. The lowest BCUT2D eigenvalue weighted by Crippen LogP contribution is -2.40. The molecule has 1 aliphatic rings. The molecule has 1 aromatic carbocycles. The molecule has 1 amide bonds. The van der Waals surface area contributed by atoms with Gasteiger partial charge in [-0.1, -0.05) is 6.92 Å². The van der Waals surface area contributed by atoms with E-state index in [-0.39, 0.29) is 5.91 Å². The number of carbonyl (C=O) groups excluding carboxylic acids is 1. The third-order valence-electron chi connectivity index (χ3n) is 4.58. The van der Waals surface area contributed by atoms with Gasteiger partial charge >= 0.3 is 0 Å². The van der Waals surface area contributed by atoms with Crippen molar-refractivity contribution in [2.75, 3.05) is 42.9 Å². The molecule has 22 heavy (non-hydrogen) atoms. The highest BCUT2D eigenvalue weighted by atomic mass is 16.2. The van der Waals surface area contributed by atoms with Crippen molar-refractivity contribution in [1.82, 2.24) is 4.90 Å². The Morgan fingerprint density at radius 1 is 1.18 bits per heavy atom. The monoisotopic (exact) mass is 303 g/mol. The minimum absolute atomic E-state index is 0.208. The van der Waals surface area contributed by atoms with Crippen molar-refractivity contribution < 1.29 is 4.79 Å². The van der Waals surface area contributed by atoms with Crippen LogP contribution in [0, 0.1) is 5.92 Å². The van der Waals surface area contributed by atoms with Crippen LogP contribution in [0.15, 0.2) is 24.3 Å². The van der Waals surface area contributed by atoms with Crippen LogP contribution in [0.5, 0.6) is 0 Å². The summed E-state index contributed by atoms with van der Waals surface area (Å²) in [7, 11) is 0. The normalized spacial score (nSPS) is 15.7. The Kier molecular flexibility index (Phi) is 6.10. The molecule has 0 spiro atoms. The molecule has 1 fully saturated rings. The topological polar surface area (TPSA) is 35.6 Å². The minimum Gasteiger partial charge on any atom is -0.376 e. The van der Waals surface area contributed by atoms with Crippen LogP contribution in [-0.4, -0.2) is 43.5 Å². The zero-order valence-corrected chi connectivity index (χ0v) is 14.1. The number of hydrogen-bond donors (Lipinski definition) is 1. The quantitative estimate of drug-likeness (QED) is 0.876. The number of carbonyl (C=O) groups is 1. The van der Waals surface area contributed by atoms with Gasteiger partial charge in [0.2, 0.25) is 5.91 Å². The van der Waals surface area contributed by atoms with E-state index in [9.17, 15) is 4.79 Å². The Morgan fingerprint density at radius 2 is 1.77 bits per heavy atom. The van der Waals surface area contributed by atoms with Crippen LogP contribution in [0.3, 0.4) is 0 Å². The van der Waals surface area contributed by atoms with Gasteiger partial charge in [-0.15, -0.1) is 0 Å². The summed E-state index contributed by atoms with van der Waals surface area (Å²) in [5, 5.41) is 3.25. The standard InChI is InChI=1S/C18H29N3O/c1-4-20(5-2)17-8-6-16(7-9-17)19-14-18(22)21-12-10-15(3)11-13-21/h6-9,15,19H,4-5,10-14H2,1-3H3. The number of amides is 1. The highest BCUT2D eigenvalue weighted by Gasteiger charge is 2.19. The second-order valence-electron chi connectivity index (χ2n) is 6.14. The van der Waals surface area contributed by atoms with Crippen LogP contribution in [0.25, 0.3) is 0 Å². The Balaban J connectivity index is 1.82. The molecule has 4 heteroatoms. The van der Waals surface area contributed by atoms with Crippen LogP contribution >= 0.6 is 0 Å². The molecule has 0 aliphatic carbocycles. The number of piperidine rings is 1. The summed E-state index contributed by atoms with van der Waals surface area (Å²) in [5.41, 5.74) is 2.24. The predicted molar refractivity (Wildman–Crippen MR) is 93.5 cm³/mol. The van der Waals surface area contributed by atoms with Crippen molar-refractivity contribution in [3.63, 3.8) is 0 Å². The van der Waals surface area contributed by atoms with Gasteiger partial charge in [-0.2, -0.15) is 0 Å². The zero-order valence-electron chi connectivity index (χ0n) is 14.1. The van der Waals surface area contributed by atoms with E-state index in [1.165, 1.54) is 5.69 Å². The summed E-state index contributed by atoms with van der Waals surface area (Å²) < 4.78 is 0. The number of nitrogens with one attached hydrogen (secondary N) is 1. The summed E-state index contributed by atoms with van der Waals surface area (Å²) in [6, 6.07) is 8.34. The summed E-state index contributed by atoms with van der Waals surface area (Å²) in [6.07, 6.45) is 2.26. The maximum atomic E-state index is 12.2. The fourth-order valence-corrected chi connectivity index (χ4v) is 2.93. The molecular formula is C18H29N3O. The average molecular weight is 303 g/mol. The molecule has 1 N–H and O–H groups in total. The first-order chi connectivity index (χ1) is 10.6. The van der Waals surface area contributed by atoms with E-state index in [1.807, 2.05) is 4.90 Å². The van der Waals surface area contributed by atoms with Gasteiger partial charge in [-0.25, -0.2) is 0 Å². The first-order valence-corrected chi connectivity index (χ1v) is 8.50. The molecule has 0 radical (unpaired) electrons. The average Bonchev–Trinajstić information content (AvgIpc) is 2.55. The van der Waals surface area contributed by atoms with Gasteiger partial charge in [0.05, 0.1) is 6.54 Å². The number of nitrogens with zero attached hydrogens (tertiary/aromatic N) is 2. The zero-order chi connectivity index (χ0) is 15.9. The van der Waals surface area contributed by atoms with Crippen LogP contribution in [0.4, 0.5) is 11.4 Å². The van der Waals surface area contributed by atoms with Crippen LogP contribution in [-0.2, 0) is 4.79 Å². The lowest BCUT2D eigenvalue weighted by atomic mass is 9.99. The first-order valence-electron chi connectivity index (χ1n) is 8.50. The van der Waals surface area contributed by atoms with E-state index in [1.54, 1.807) is 0 Å². The van der Waals surface area contributed by atoms with Gasteiger partial charge in [0, 0.05) is 37.6 Å². The summed E-state index contributed by atoms with van der Waals surface area (Å²) in [4.78, 5) is 16.5. The molecule has 0 aromatic heterocycles. The summed E-state index contributed by atoms with van der Waals surface area (Å²) >= 11 is 0. The Hall–Kier alpha value is -1.71. The van der Waals surface area contributed by atoms with Crippen molar-refractivity contribution in [2.24, 2.45) is 5.92 Å². The number of rotatable bonds is 6. The predicted octanol–water partition coefficient (Wildman–Crippen LogP) is 3.20. The van der Waals surface area contributed by atoms with Crippen molar-refractivity contribution in [3.05, 3.63) is 24.3 Å². The molecule has 1 heterocycles. The lowest BCUT2D eigenvalue weighted by Gasteiger charge is -2.30. The van der Waals surface area contributed by atoms with Gasteiger partial charge in [0.25, 0.3) is 0 Å². The number of hydrogen-bond acceptors (Lipinski definition) is 3. The fourth-order valence-electron chi connectivity index (χ4n) is 2.93. The largest absolute Gasteiger partial charge is 0.376 e. The molecule has 0 bridgehead atoms. The third-order valence-corrected chi connectivity index (χ3v) is 4.58. The Bertz CT molecular complexity index is 460. The van der Waals surface area contributed by atoms with Crippen molar-refractivity contribution >= 4 is 17.3 Å². The molecular weight excluding hydrogens is 274 g/mol.